The predicted molar refractivity (Wildman–Crippen MR) is 102 cm³/mol. The van der Waals surface area contributed by atoms with E-state index in [0.717, 1.165) is 35.4 Å². The van der Waals surface area contributed by atoms with Crippen LogP contribution in [0.2, 0.25) is 10.0 Å². The Labute approximate surface area is 152 Å². The molecule has 126 valence electrons. The predicted octanol–water partition coefficient (Wildman–Crippen LogP) is 4.77. The molecule has 0 aliphatic heterocycles. The zero-order valence-electron chi connectivity index (χ0n) is 14.2. The number of fused-ring (bicyclic) bond motifs is 1. The Morgan fingerprint density at radius 2 is 1.83 bits per heavy atom. The maximum atomic E-state index is 6.38. The number of likely N-dealkylation sites (N-methyl/N-ethyl adjacent to an activating group) is 1. The second-order valence-corrected chi connectivity index (χ2v) is 6.97. The maximum absolute atomic E-state index is 6.38. The van der Waals surface area contributed by atoms with Crippen molar-refractivity contribution in [2.75, 3.05) is 13.6 Å². The highest BCUT2D eigenvalue weighted by molar-refractivity contribution is 6.35. The van der Waals surface area contributed by atoms with E-state index in [-0.39, 0.29) is 0 Å². The van der Waals surface area contributed by atoms with E-state index in [1.54, 1.807) is 6.07 Å². The van der Waals surface area contributed by atoms with Gasteiger partial charge in [0.05, 0.1) is 17.6 Å². The summed E-state index contributed by atoms with van der Waals surface area (Å²) in [6, 6.07) is 10.0. The molecule has 5 heteroatoms. The summed E-state index contributed by atoms with van der Waals surface area (Å²) in [6.45, 7) is 5.83. The average Bonchev–Trinajstić information content (AvgIpc) is 2.85. The third kappa shape index (κ3) is 3.44. The first kappa shape index (κ1) is 17.3. The van der Waals surface area contributed by atoms with Crippen LogP contribution >= 0.6 is 23.2 Å². The number of aryl methyl sites for hydroxylation is 2. The molecule has 0 radical (unpaired) electrons. The zero-order chi connectivity index (χ0) is 17.3. The normalized spacial score (nSPS) is 11.4. The van der Waals surface area contributed by atoms with Crippen molar-refractivity contribution in [1.29, 1.82) is 0 Å². The molecule has 3 nitrogen and oxygen atoms in total. The first-order valence-corrected chi connectivity index (χ1v) is 8.80. The third-order valence-corrected chi connectivity index (χ3v) is 4.97. The molecule has 0 aliphatic carbocycles. The van der Waals surface area contributed by atoms with Crippen LogP contribution in [0.25, 0.3) is 11.0 Å². The molecule has 1 N–H and O–H groups in total. The average molecular weight is 362 g/mol. The Kier molecular flexibility index (Phi) is 5.14. The third-order valence-electron chi connectivity index (χ3n) is 4.38. The zero-order valence-corrected chi connectivity index (χ0v) is 15.7. The topological polar surface area (TPSA) is 29.9 Å². The minimum absolute atomic E-state index is 0.654. The molecule has 1 heterocycles. The smallest absolute Gasteiger partial charge is 0.111 e. The number of nitrogens with zero attached hydrogens (tertiary/aromatic N) is 2. The first-order valence-electron chi connectivity index (χ1n) is 8.04. The van der Waals surface area contributed by atoms with E-state index in [9.17, 15) is 0 Å². The summed E-state index contributed by atoms with van der Waals surface area (Å²) in [5.74, 6) is 1.07. The molecule has 24 heavy (non-hydrogen) atoms. The molecular weight excluding hydrogens is 341 g/mol. The van der Waals surface area contributed by atoms with Crippen LogP contribution < -0.4 is 5.32 Å². The number of hydrogen-bond donors (Lipinski definition) is 1. The SMILES string of the molecule is CNCCc1nc2cc(C)c(C)cc2n1Cc1ccc(Cl)cc1Cl. The van der Waals surface area contributed by atoms with Crippen molar-refractivity contribution in [2.45, 2.75) is 26.8 Å². The van der Waals surface area contributed by atoms with E-state index >= 15 is 0 Å². The molecule has 0 amide bonds. The van der Waals surface area contributed by atoms with E-state index < -0.39 is 0 Å². The molecule has 0 bridgehead atoms. The minimum atomic E-state index is 0.654. The number of imidazole rings is 1. The number of nitrogens with one attached hydrogen (secondary N) is 1. The largest absolute Gasteiger partial charge is 0.323 e. The van der Waals surface area contributed by atoms with Crippen molar-refractivity contribution >= 4 is 34.2 Å². The molecule has 3 aromatic rings. The highest BCUT2D eigenvalue weighted by atomic mass is 35.5. The van der Waals surface area contributed by atoms with E-state index in [1.165, 1.54) is 11.1 Å². The van der Waals surface area contributed by atoms with Gasteiger partial charge in [0, 0.05) is 23.0 Å². The summed E-state index contributed by atoms with van der Waals surface area (Å²) in [7, 11) is 1.96. The Morgan fingerprint density at radius 3 is 2.54 bits per heavy atom. The highest BCUT2D eigenvalue weighted by Gasteiger charge is 2.13. The lowest BCUT2D eigenvalue weighted by Crippen LogP contribution is -2.14. The van der Waals surface area contributed by atoms with E-state index in [4.69, 9.17) is 28.2 Å². The summed E-state index contributed by atoms with van der Waals surface area (Å²) >= 11 is 12.4. The molecular formula is C19H21Cl2N3. The first-order chi connectivity index (χ1) is 11.5. The second kappa shape index (κ2) is 7.14. The number of aromatic nitrogens is 2. The van der Waals surface area contributed by atoms with Crippen molar-refractivity contribution in [3.05, 3.63) is 62.9 Å². The van der Waals surface area contributed by atoms with Gasteiger partial charge in [0.1, 0.15) is 5.82 Å². The van der Waals surface area contributed by atoms with Crippen LogP contribution in [0.4, 0.5) is 0 Å². The van der Waals surface area contributed by atoms with Gasteiger partial charge in [0.25, 0.3) is 0 Å². The Morgan fingerprint density at radius 1 is 1.08 bits per heavy atom. The van der Waals surface area contributed by atoms with Crippen molar-refractivity contribution in [2.24, 2.45) is 0 Å². The Hall–Kier alpha value is -1.55. The molecule has 0 unspecified atom stereocenters. The summed E-state index contributed by atoms with van der Waals surface area (Å²) in [5, 5.41) is 4.54. The molecule has 0 fully saturated rings. The van der Waals surface area contributed by atoms with Gasteiger partial charge in [-0.25, -0.2) is 4.98 Å². The molecule has 0 spiro atoms. The number of halogens is 2. The van der Waals surface area contributed by atoms with Crippen molar-refractivity contribution in [1.82, 2.24) is 14.9 Å². The lowest BCUT2D eigenvalue weighted by atomic mass is 10.1. The molecule has 0 saturated heterocycles. The second-order valence-electron chi connectivity index (χ2n) is 6.13. The minimum Gasteiger partial charge on any atom is -0.323 e. The van der Waals surface area contributed by atoms with Crippen LogP contribution in [0.15, 0.2) is 30.3 Å². The molecule has 1 aromatic heterocycles. The van der Waals surface area contributed by atoms with Gasteiger partial charge in [-0.15, -0.1) is 0 Å². The van der Waals surface area contributed by atoms with Crippen molar-refractivity contribution < 1.29 is 0 Å². The Balaban J connectivity index is 2.10. The summed E-state index contributed by atoms with van der Waals surface area (Å²) < 4.78 is 2.26. The summed E-state index contributed by atoms with van der Waals surface area (Å²) in [6.07, 6.45) is 0.870. The maximum Gasteiger partial charge on any atom is 0.111 e. The standard InChI is InChI=1S/C19H21Cl2N3/c1-12-8-17-18(9-13(12)2)24(19(23-17)6-7-22-3)11-14-4-5-15(20)10-16(14)21/h4-5,8-10,22H,6-7,11H2,1-3H3. The molecule has 0 atom stereocenters. The Bertz CT molecular complexity index is 884. The monoisotopic (exact) mass is 361 g/mol. The highest BCUT2D eigenvalue weighted by Crippen LogP contribution is 2.26. The molecule has 0 saturated carbocycles. The fraction of sp³-hybridized carbons (Fsp3) is 0.316. The van der Waals surface area contributed by atoms with Crippen LogP contribution in [0.3, 0.4) is 0 Å². The fourth-order valence-electron chi connectivity index (χ4n) is 2.85. The quantitative estimate of drug-likeness (QED) is 0.709. The molecule has 2 aromatic carbocycles. The van der Waals surface area contributed by atoms with Crippen molar-refractivity contribution in [3.63, 3.8) is 0 Å². The van der Waals surface area contributed by atoms with Crippen LogP contribution in [-0.4, -0.2) is 23.1 Å². The van der Waals surface area contributed by atoms with Crippen LogP contribution in [0.5, 0.6) is 0 Å². The van der Waals surface area contributed by atoms with Gasteiger partial charge in [-0.05, 0) is 61.9 Å². The van der Waals surface area contributed by atoms with Gasteiger partial charge in [-0.3, -0.25) is 0 Å². The van der Waals surface area contributed by atoms with Crippen LogP contribution in [0, 0.1) is 13.8 Å². The van der Waals surface area contributed by atoms with E-state index in [2.05, 4.69) is 35.9 Å². The fourth-order valence-corrected chi connectivity index (χ4v) is 3.32. The summed E-state index contributed by atoms with van der Waals surface area (Å²) in [4.78, 5) is 4.85. The molecule has 3 rings (SSSR count). The summed E-state index contributed by atoms with van der Waals surface area (Å²) in [5.41, 5.74) is 5.76. The van der Waals surface area contributed by atoms with Gasteiger partial charge in [-0.1, -0.05) is 29.3 Å². The number of benzene rings is 2. The lowest BCUT2D eigenvalue weighted by molar-refractivity contribution is 0.696. The van der Waals surface area contributed by atoms with Gasteiger partial charge >= 0.3 is 0 Å². The van der Waals surface area contributed by atoms with E-state index in [1.807, 2.05) is 19.2 Å². The van der Waals surface area contributed by atoms with Crippen LogP contribution in [0.1, 0.15) is 22.5 Å². The van der Waals surface area contributed by atoms with Crippen LogP contribution in [-0.2, 0) is 13.0 Å². The van der Waals surface area contributed by atoms with E-state index in [0.29, 0.717) is 16.6 Å². The number of rotatable bonds is 5. The molecule has 0 aliphatic rings. The van der Waals surface area contributed by atoms with Gasteiger partial charge in [0.15, 0.2) is 0 Å². The van der Waals surface area contributed by atoms with Gasteiger partial charge < -0.3 is 9.88 Å². The van der Waals surface area contributed by atoms with Gasteiger partial charge in [-0.2, -0.15) is 0 Å². The van der Waals surface area contributed by atoms with Crippen molar-refractivity contribution in [3.8, 4) is 0 Å². The lowest BCUT2D eigenvalue weighted by Gasteiger charge is -2.12. The van der Waals surface area contributed by atoms with Gasteiger partial charge in [0.2, 0.25) is 0 Å². The number of hydrogen-bond acceptors (Lipinski definition) is 2.